The van der Waals surface area contributed by atoms with Crippen LogP contribution in [-0.4, -0.2) is 26.1 Å². The van der Waals surface area contributed by atoms with Crippen LogP contribution in [0.5, 0.6) is 11.6 Å². The van der Waals surface area contributed by atoms with Gasteiger partial charge in [-0.1, -0.05) is 105 Å². The van der Waals surface area contributed by atoms with Gasteiger partial charge in [0.25, 0.3) is 0 Å². The number of fused-ring (bicyclic) bond motifs is 7. The number of ether oxygens (including phenoxy) is 1. The van der Waals surface area contributed by atoms with Crippen molar-refractivity contribution in [3.63, 3.8) is 0 Å². The van der Waals surface area contributed by atoms with Crippen LogP contribution in [0.25, 0.3) is 66.2 Å². The molecule has 0 radical (unpaired) electrons. The Labute approximate surface area is 363 Å². The number of pyridine rings is 2. The molecule has 0 amide bonds. The minimum atomic E-state index is -0.0634. The molecule has 5 heterocycles. The summed E-state index contributed by atoms with van der Waals surface area (Å²) < 4.78 is 11.1. The van der Waals surface area contributed by atoms with Gasteiger partial charge in [0, 0.05) is 71.9 Å². The van der Waals surface area contributed by atoms with Gasteiger partial charge in [-0.2, -0.15) is 30.6 Å². The summed E-state index contributed by atoms with van der Waals surface area (Å²) in [4.78, 5) is 13.7. The van der Waals surface area contributed by atoms with Gasteiger partial charge in [-0.15, -0.1) is 17.5 Å². The third-order valence-electron chi connectivity index (χ3n) is 11.4. The number of anilines is 3. The maximum absolute atomic E-state index is 6.48. The predicted molar refractivity (Wildman–Crippen MR) is 240 cm³/mol. The third-order valence-corrected chi connectivity index (χ3v) is 11.4. The average molecular weight is 959 g/mol. The molecule has 296 valence electrons. The van der Waals surface area contributed by atoms with Gasteiger partial charge >= 0.3 is 0 Å². The summed E-state index contributed by atoms with van der Waals surface area (Å²) in [5.41, 5.74) is 11.8. The minimum absolute atomic E-state index is 0. The summed E-state index contributed by atoms with van der Waals surface area (Å²) >= 11 is 0. The molecule has 0 aliphatic carbocycles. The van der Waals surface area contributed by atoms with Crippen LogP contribution >= 0.6 is 0 Å². The Morgan fingerprint density at radius 3 is 2.22 bits per heavy atom. The number of para-hydroxylation sites is 5. The van der Waals surface area contributed by atoms with Gasteiger partial charge in [-0.25, -0.2) is 4.98 Å². The van der Waals surface area contributed by atoms with Crippen molar-refractivity contribution < 1.29 is 25.8 Å². The molecule has 1 aliphatic heterocycles. The van der Waals surface area contributed by atoms with Crippen LogP contribution in [0.3, 0.4) is 0 Å². The summed E-state index contributed by atoms with van der Waals surface area (Å²) in [7, 11) is 2.04. The fourth-order valence-electron chi connectivity index (χ4n) is 8.60. The molecule has 8 heteroatoms. The molecule has 0 atom stereocenters. The molecule has 60 heavy (non-hydrogen) atoms. The van der Waals surface area contributed by atoms with Crippen LogP contribution in [0.4, 0.5) is 17.1 Å². The molecule has 0 spiro atoms. The molecule has 1 aliphatic rings. The summed E-state index contributed by atoms with van der Waals surface area (Å²) in [6, 6.07) is 58.4. The first-order valence-electron chi connectivity index (χ1n) is 19.9. The number of hydrogen-bond donors (Lipinski definition) is 0. The summed E-state index contributed by atoms with van der Waals surface area (Å²) in [5, 5.41) is 4.59. The van der Waals surface area contributed by atoms with Gasteiger partial charge in [-0.05, 0) is 83.7 Å². The van der Waals surface area contributed by atoms with Crippen molar-refractivity contribution in [1.82, 2.24) is 19.1 Å². The molecule has 0 saturated carbocycles. The monoisotopic (exact) mass is 958 g/mol. The van der Waals surface area contributed by atoms with Crippen molar-refractivity contribution in [3.05, 3.63) is 182 Å². The molecule has 0 N–H and O–H groups in total. The van der Waals surface area contributed by atoms with Crippen molar-refractivity contribution in [3.8, 4) is 34.3 Å². The van der Waals surface area contributed by atoms with Gasteiger partial charge in [-0.3, -0.25) is 4.98 Å². The molecule has 11 rings (SSSR count). The molecular weight excluding hydrogens is 920 g/mol. The van der Waals surface area contributed by atoms with E-state index >= 15 is 0 Å². The Morgan fingerprint density at radius 2 is 1.37 bits per heavy atom. The van der Waals surface area contributed by atoms with Crippen molar-refractivity contribution >= 4 is 60.7 Å². The van der Waals surface area contributed by atoms with E-state index in [1.807, 2.05) is 44.2 Å². The second-order valence-electron chi connectivity index (χ2n) is 16.1. The standard InChI is InChI=1S/C52H39N6O.Pt/c1-52(2,3)35-25-27-53-49(30-35)58-45-24-21-34(39-16-12-17-42-40-15-8-9-18-44(40)57(51(39)42)36-13-6-5-7-14-36)29-43(45)41-23-22-38(32-48(41)58)59-50-31-37(26-28-54-50)56-33-55(4)46-19-10-11-20-47(46)56;/h5-30,33H,1-4H3;/q-3;. The van der Waals surface area contributed by atoms with E-state index in [1.165, 1.54) is 27.4 Å². The Morgan fingerprint density at radius 1 is 0.617 bits per heavy atom. The van der Waals surface area contributed by atoms with E-state index in [0.29, 0.717) is 11.6 Å². The topological polar surface area (TPSA) is 51.4 Å². The predicted octanol–water partition coefficient (Wildman–Crippen LogP) is 12.7. The first kappa shape index (κ1) is 37.6. The second-order valence-corrected chi connectivity index (χ2v) is 16.1. The van der Waals surface area contributed by atoms with Crippen molar-refractivity contribution in [2.75, 3.05) is 16.8 Å². The van der Waals surface area contributed by atoms with Gasteiger partial charge in [0.15, 0.2) is 0 Å². The smallest absolute Gasteiger partial charge is 0.135 e. The summed E-state index contributed by atoms with van der Waals surface area (Å²) in [6.07, 6.45) is 3.66. The van der Waals surface area contributed by atoms with Crippen LogP contribution < -0.4 is 14.5 Å². The summed E-state index contributed by atoms with van der Waals surface area (Å²) in [6.45, 7) is 8.73. The molecule has 10 aromatic rings. The molecule has 4 aromatic heterocycles. The van der Waals surface area contributed by atoms with Crippen molar-refractivity contribution in [1.29, 1.82) is 0 Å². The van der Waals surface area contributed by atoms with E-state index in [2.05, 4.69) is 178 Å². The van der Waals surface area contributed by atoms with Crippen LogP contribution in [0.2, 0.25) is 0 Å². The maximum Gasteiger partial charge on any atom is 0.135 e. The average Bonchev–Trinajstić information content (AvgIpc) is 3.90. The van der Waals surface area contributed by atoms with Gasteiger partial charge in [0.05, 0.1) is 11.0 Å². The van der Waals surface area contributed by atoms with E-state index in [0.717, 1.165) is 61.5 Å². The molecule has 7 nitrogen and oxygen atoms in total. The van der Waals surface area contributed by atoms with Crippen molar-refractivity contribution in [2.45, 2.75) is 26.2 Å². The zero-order valence-corrected chi connectivity index (χ0v) is 35.8. The van der Waals surface area contributed by atoms with E-state index < -0.39 is 0 Å². The number of aromatic nitrogens is 4. The fraction of sp³-hybridized carbons (Fsp3) is 0.0962. The van der Waals surface area contributed by atoms with E-state index in [-0.39, 0.29) is 26.5 Å². The van der Waals surface area contributed by atoms with E-state index in [9.17, 15) is 0 Å². The first-order chi connectivity index (χ1) is 28.8. The number of rotatable bonds is 6. The zero-order chi connectivity index (χ0) is 39.8. The number of benzene rings is 6. The third kappa shape index (κ3) is 6.15. The van der Waals surface area contributed by atoms with E-state index in [1.54, 1.807) is 6.20 Å². The van der Waals surface area contributed by atoms with Crippen LogP contribution in [0.1, 0.15) is 26.3 Å². The van der Waals surface area contributed by atoms with Gasteiger partial charge in [0.2, 0.25) is 0 Å². The zero-order valence-electron chi connectivity index (χ0n) is 33.5. The minimum Gasteiger partial charge on any atom is -0.504 e. The normalized spacial score (nSPS) is 12.7. The first-order valence-corrected chi connectivity index (χ1v) is 19.9. The van der Waals surface area contributed by atoms with Gasteiger partial charge in [0.1, 0.15) is 11.7 Å². The fourth-order valence-corrected chi connectivity index (χ4v) is 8.60. The SMILES string of the molecule is CN1[CH-]N(c2[c-]c(Oc3[c-]c4c(cc3)c3cc(-c5cccc6c7ccccc7n(-c7ccccc7)c56)ccc3n4-c3cc(C(C)(C)C)ccn3)ncc2)c2ccccc21.[Pt]. The molecule has 0 saturated heterocycles. The molecule has 6 aromatic carbocycles. The maximum atomic E-state index is 6.48. The number of hydrogen-bond acceptors (Lipinski definition) is 5. The Kier molecular flexibility index (Phi) is 9.11. The molecular formula is C52H39N6OPt-3. The van der Waals surface area contributed by atoms with Crippen LogP contribution in [0.15, 0.2) is 158 Å². The van der Waals surface area contributed by atoms with Crippen LogP contribution in [-0.2, 0) is 26.5 Å². The Balaban J connectivity index is 0.00000433. The van der Waals surface area contributed by atoms with E-state index in [4.69, 9.17) is 9.72 Å². The Bertz CT molecular complexity index is 3250. The van der Waals surface area contributed by atoms with Crippen molar-refractivity contribution in [2.24, 2.45) is 0 Å². The molecule has 0 unspecified atom stereocenters. The molecule has 0 fully saturated rings. The quantitative estimate of drug-likeness (QED) is 0.155. The van der Waals surface area contributed by atoms with Gasteiger partial charge < -0.3 is 23.7 Å². The second kappa shape index (κ2) is 14.5. The molecule has 0 bridgehead atoms. The largest absolute Gasteiger partial charge is 0.504 e. The summed E-state index contributed by atoms with van der Waals surface area (Å²) in [5.74, 6) is 1.72. The number of nitrogens with zero attached hydrogens (tertiary/aromatic N) is 6. The van der Waals surface area contributed by atoms with Crippen LogP contribution in [0, 0.1) is 18.8 Å². The Hall–Kier alpha value is -6.69.